The molecular formula is C18H23N3O5S2. The Morgan fingerprint density at radius 1 is 1.14 bits per heavy atom. The summed E-state index contributed by atoms with van der Waals surface area (Å²) in [5.74, 6) is 0.707. The zero-order valence-corrected chi connectivity index (χ0v) is 17.1. The Hall–Kier alpha value is -2.14. The minimum atomic E-state index is -3.50. The SMILES string of the molecule is COc1ccccc1CNC(=O)NCc1ccc(S(=O)(=O)N2CCOCC2)s1. The summed E-state index contributed by atoms with van der Waals surface area (Å²) >= 11 is 1.16. The summed E-state index contributed by atoms with van der Waals surface area (Å²) in [5, 5.41) is 5.51. The molecule has 3 rings (SSSR count). The maximum Gasteiger partial charge on any atom is 0.315 e. The van der Waals surface area contributed by atoms with Crippen LogP contribution in [0.3, 0.4) is 0 Å². The predicted octanol–water partition coefficient (Wildman–Crippen LogP) is 1.78. The third-order valence-corrected chi connectivity index (χ3v) is 7.71. The van der Waals surface area contributed by atoms with Crippen molar-refractivity contribution >= 4 is 27.4 Å². The van der Waals surface area contributed by atoms with Crippen LogP contribution in [0.1, 0.15) is 10.4 Å². The molecular weight excluding hydrogens is 402 g/mol. The smallest absolute Gasteiger partial charge is 0.315 e. The van der Waals surface area contributed by atoms with E-state index in [4.69, 9.17) is 9.47 Å². The van der Waals surface area contributed by atoms with Gasteiger partial charge in [0.2, 0.25) is 0 Å². The number of methoxy groups -OCH3 is 1. The third kappa shape index (κ3) is 5.02. The molecule has 2 amide bonds. The Morgan fingerprint density at radius 3 is 2.61 bits per heavy atom. The number of ether oxygens (including phenoxy) is 2. The van der Waals surface area contributed by atoms with E-state index in [0.29, 0.717) is 38.6 Å². The molecule has 1 aromatic heterocycles. The second-order valence-corrected chi connectivity index (χ2v) is 9.42. The summed E-state index contributed by atoms with van der Waals surface area (Å²) in [6.45, 7) is 2.12. The Kier molecular flexibility index (Phi) is 6.89. The minimum Gasteiger partial charge on any atom is -0.496 e. The summed E-state index contributed by atoms with van der Waals surface area (Å²) in [4.78, 5) is 12.8. The summed E-state index contributed by atoms with van der Waals surface area (Å²) in [7, 11) is -1.92. The molecule has 2 heterocycles. The molecule has 0 spiro atoms. The molecule has 1 aromatic carbocycles. The average molecular weight is 426 g/mol. The Morgan fingerprint density at radius 2 is 1.86 bits per heavy atom. The van der Waals surface area contributed by atoms with Gasteiger partial charge in [0.1, 0.15) is 9.96 Å². The molecule has 28 heavy (non-hydrogen) atoms. The first-order valence-corrected chi connectivity index (χ1v) is 11.1. The maximum atomic E-state index is 12.6. The number of morpholine rings is 1. The standard InChI is InChI=1S/C18H23N3O5S2/c1-25-16-5-3-2-4-14(16)12-19-18(22)20-13-15-6-7-17(27-15)28(23,24)21-8-10-26-11-9-21/h2-7H,8-13H2,1H3,(H2,19,20,22). The van der Waals surface area contributed by atoms with Crippen LogP contribution >= 0.6 is 11.3 Å². The molecule has 0 bridgehead atoms. The van der Waals surface area contributed by atoms with Crippen LogP contribution in [0.2, 0.25) is 0 Å². The van der Waals surface area contributed by atoms with Crippen LogP contribution in [0.15, 0.2) is 40.6 Å². The highest BCUT2D eigenvalue weighted by atomic mass is 32.2. The number of hydrogen-bond donors (Lipinski definition) is 2. The van der Waals surface area contributed by atoms with E-state index < -0.39 is 10.0 Å². The van der Waals surface area contributed by atoms with Gasteiger partial charge < -0.3 is 20.1 Å². The van der Waals surface area contributed by atoms with Gasteiger partial charge in [0.05, 0.1) is 26.9 Å². The van der Waals surface area contributed by atoms with Crippen LogP contribution in [0, 0.1) is 0 Å². The second kappa shape index (κ2) is 9.37. The zero-order chi connectivity index (χ0) is 20.0. The number of carbonyl (C=O) groups is 1. The lowest BCUT2D eigenvalue weighted by Gasteiger charge is -2.25. The largest absolute Gasteiger partial charge is 0.496 e. The number of nitrogens with zero attached hydrogens (tertiary/aromatic N) is 1. The van der Waals surface area contributed by atoms with E-state index in [1.807, 2.05) is 24.3 Å². The van der Waals surface area contributed by atoms with Crippen molar-refractivity contribution in [1.29, 1.82) is 0 Å². The van der Waals surface area contributed by atoms with E-state index in [2.05, 4.69) is 10.6 Å². The molecule has 0 aliphatic carbocycles. The molecule has 1 aliphatic heterocycles. The van der Waals surface area contributed by atoms with Gasteiger partial charge in [-0.05, 0) is 18.2 Å². The minimum absolute atomic E-state index is 0.251. The highest BCUT2D eigenvalue weighted by Gasteiger charge is 2.27. The molecule has 1 saturated heterocycles. The fourth-order valence-electron chi connectivity index (χ4n) is 2.76. The van der Waals surface area contributed by atoms with Crippen molar-refractivity contribution < 1.29 is 22.7 Å². The van der Waals surface area contributed by atoms with Crippen LogP contribution in [-0.4, -0.2) is 52.2 Å². The molecule has 1 fully saturated rings. The molecule has 8 nitrogen and oxygen atoms in total. The van der Waals surface area contributed by atoms with Crippen molar-refractivity contribution in [3.05, 3.63) is 46.8 Å². The first kappa shape index (κ1) is 20.6. The molecule has 0 radical (unpaired) electrons. The number of thiophene rings is 1. The first-order chi connectivity index (χ1) is 13.5. The lowest BCUT2D eigenvalue weighted by molar-refractivity contribution is 0.0731. The van der Waals surface area contributed by atoms with Gasteiger partial charge in [-0.25, -0.2) is 13.2 Å². The molecule has 10 heteroatoms. The number of sulfonamides is 1. The van der Waals surface area contributed by atoms with Gasteiger partial charge in [0, 0.05) is 30.1 Å². The van der Waals surface area contributed by atoms with E-state index in [-0.39, 0.29) is 16.8 Å². The number of hydrogen-bond acceptors (Lipinski definition) is 6. The van der Waals surface area contributed by atoms with Crippen LogP contribution in [-0.2, 0) is 27.8 Å². The highest BCUT2D eigenvalue weighted by molar-refractivity contribution is 7.91. The number of amides is 2. The van der Waals surface area contributed by atoms with Gasteiger partial charge in [-0.15, -0.1) is 11.3 Å². The zero-order valence-electron chi connectivity index (χ0n) is 15.5. The molecule has 152 valence electrons. The Balaban J connectivity index is 1.52. The van der Waals surface area contributed by atoms with Gasteiger partial charge in [0.15, 0.2) is 0 Å². The molecule has 0 saturated carbocycles. The van der Waals surface area contributed by atoms with Crippen molar-refractivity contribution in [2.75, 3.05) is 33.4 Å². The summed E-state index contributed by atoms with van der Waals surface area (Å²) in [6.07, 6.45) is 0. The third-order valence-electron chi connectivity index (χ3n) is 4.26. The van der Waals surface area contributed by atoms with Crippen LogP contribution in [0.4, 0.5) is 4.79 Å². The number of rotatable bonds is 7. The number of benzene rings is 1. The molecule has 0 unspecified atom stereocenters. The summed E-state index contributed by atoms with van der Waals surface area (Å²) < 4.78 is 37.4. The van der Waals surface area contributed by atoms with E-state index in [0.717, 1.165) is 21.8 Å². The number of carbonyl (C=O) groups excluding carboxylic acids is 1. The monoisotopic (exact) mass is 425 g/mol. The molecule has 1 aliphatic rings. The fourth-order valence-corrected chi connectivity index (χ4v) is 5.62. The van der Waals surface area contributed by atoms with E-state index in [9.17, 15) is 13.2 Å². The van der Waals surface area contributed by atoms with Crippen LogP contribution in [0.5, 0.6) is 5.75 Å². The van der Waals surface area contributed by atoms with E-state index in [1.165, 1.54) is 4.31 Å². The lowest BCUT2D eigenvalue weighted by atomic mass is 10.2. The predicted molar refractivity (Wildman–Crippen MR) is 106 cm³/mol. The number of nitrogens with one attached hydrogen (secondary N) is 2. The van der Waals surface area contributed by atoms with Crippen molar-refractivity contribution in [3.8, 4) is 5.75 Å². The van der Waals surface area contributed by atoms with Crippen molar-refractivity contribution in [2.45, 2.75) is 17.3 Å². The van der Waals surface area contributed by atoms with Crippen molar-refractivity contribution in [3.63, 3.8) is 0 Å². The van der Waals surface area contributed by atoms with Gasteiger partial charge in [-0.2, -0.15) is 4.31 Å². The number of urea groups is 1. The van der Waals surface area contributed by atoms with Gasteiger partial charge in [-0.3, -0.25) is 0 Å². The molecule has 0 atom stereocenters. The Bertz CT molecular complexity index is 907. The second-order valence-electron chi connectivity index (χ2n) is 6.09. The van der Waals surface area contributed by atoms with Gasteiger partial charge >= 0.3 is 6.03 Å². The average Bonchev–Trinajstić information content (AvgIpc) is 3.21. The van der Waals surface area contributed by atoms with Crippen LogP contribution in [0.25, 0.3) is 0 Å². The molecule has 2 N–H and O–H groups in total. The number of para-hydroxylation sites is 1. The van der Waals surface area contributed by atoms with Crippen LogP contribution < -0.4 is 15.4 Å². The van der Waals surface area contributed by atoms with Gasteiger partial charge in [0.25, 0.3) is 10.0 Å². The highest BCUT2D eigenvalue weighted by Crippen LogP contribution is 2.25. The van der Waals surface area contributed by atoms with Crippen molar-refractivity contribution in [2.24, 2.45) is 0 Å². The normalized spacial score (nSPS) is 15.2. The van der Waals surface area contributed by atoms with Crippen molar-refractivity contribution in [1.82, 2.24) is 14.9 Å². The lowest BCUT2D eigenvalue weighted by Crippen LogP contribution is -2.40. The summed E-state index contributed by atoms with van der Waals surface area (Å²) in [5.41, 5.74) is 0.871. The Labute approximate surface area is 168 Å². The molecule has 2 aromatic rings. The van der Waals surface area contributed by atoms with E-state index >= 15 is 0 Å². The fraction of sp³-hybridized carbons (Fsp3) is 0.389. The topological polar surface area (TPSA) is 97.0 Å². The first-order valence-electron chi connectivity index (χ1n) is 8.81. The van der Waals surface area contributed by atoms with E-state index in [1.54, 1.807) is 19.2 Å². The maximum absolute atomic E-state index is 12.6. The van der Waals surface area contributed by atoms with Gasteiger partial charge in [-0.1, -0.05) is 18.2 Å². The summed E-state index contributed by atoms with van der Waals surface area (Å²) in [6, 6.07) is 10.4. The quantitative estimate of drug-likeness (QED) is 0.705.